The number of methoxy groups -OCH3 is 2. The van der Waals surface area contributed by atoms with Crippen molar-refractivity contribution in [1.82, 2.24) is 14.9 Å². The quantitative estimate of drug-likeness (QED) is 0.129. The van der Waals surface area contributed by atoms with Gasteiger partial charge in [-0.25, -0.2) is 4.79 Å². The lowest BCUT2D eigenvalue weighted by atomic mass is 9.56. The molecule has 1 aliphatic rings. The summed E-state index contributed by atoms with van der Waals surface area (Å²) in [6.07, 6.45) is -9.59. The zero-order valence-corrected chi connectivity index (χ0v) is 26.6. The van der Waals surface area contributed by atoms with Crippen molar-refractivity contribution in [3.8, 4) is 23.3 Å². The average Bonchev–Trinajstić information content (AvgIpc) is 3.37. The summed E-state index contributed by atoms with van der Waals surface area (Å²) in [5, 5.41) is 37.7. The zero-order chi connectivity index (χ0) is 36.3. The number of hydrogen-bond acceptors (Lipinski definition) is 9. The predicted molar refractivity (Wildman–Crippen MR) is 172 cm³/mol. The van der Waals surface area contributed by atoms with Crippen LogP contribution in [0.2, 0.25) is 0 Å². The van der Waals surface area contributed by atoms with Gasteiger partial charge in [-0.15, -0.1) is 0 Å². The Morgan fingerprint density at radius 1 is 0.960 bits per heavy atom. The van der Waals surface area contributed by atoms with E-state index in [0.29, 0.717) is 28.2 Å². The molecule has 0 radical (unpaired) electrons. The number of nitrogens with zero attached hydrogens (tertiary/aromatic N) is 1. The Morgan fingerprint density at radius 2 is 1.50 bits per heavy atom. The third kappa shape index (κ3) is 6.25. The topological polar surface area (TPSA) is 172 Å². The van der Waals surface area contributed by atoms with E-state index in [1.165, 1.54) is 14.2 Å². The van der Waals surface area contributed by atoms with E-state index in [2.05, 4.69) is 11.8 Å². The molecule has 1 aromatic heterocycles. The molecule has 0 aliphatic carbocycles. The van der Waals surface area contributed by atoms with E-state index in [0.717, 1.165) is 10.8 Å². The first kappa shape index (κ1) is 35.9. The van der Waals surface area contributed by atoms with E-state index >= 15 is 0 Å². The van der Waals surface area contributed by atoms with E-state index in [4.69, 9.17) is 14.2 Å². The summed E-state index contributed by atoms with van der Waals surface area (Å²) < 4.78 is 55.1. The number of aliphatic hydroxyl groups excluding tert-OH is 2. The average molecular weight is 696 g/mol. The second kappa shape index (κ2) is 14.2. The lowest BCUT2D eigenvalue weighted by Crippen LogP contribution is -2.64. The summed E-state index contributed by atoms with van der Waals surface area (Å²) in [7, 11) is 2.97. The second-order valence-corrected chi connectivity index (χ2v) is 11.2. The second-order valence-electron chi connectivity index (χ2n) is 11.2. The maximum atomic E-state index is 13.2. The summed E-state index contributed by atoms with van der Waals surface area (Å²) in [6.45, 7) is -1.64. The predicted octanol–water partition coefficient (Wildman–Crippen LogP) is 1.60. The van der Waals surface area contributed by atoms with Crippen LogP contribution >= 0.6 is 0 Å². The van der Waals surface area contributed by atoms with Gasteiger partial charge in [-0.1, -0.05) is 66.4 Å². The molecule has 0 unspecified atom stereocenters. The molecule has 3 aromatic carbocycles. The van der Waals surface area contributed by atoms with Crippen LogP contribution in [0.4, 0.5) is 13.2 Å². The van der Waals surface area contributed by atoms with Crippen molar-refractivity contribution in [3.63, 3.8) is 0 Å². The number of ether oxygens (including phenoxy) is 3. The van der Waals surface area contributed by atoms with Gasteiger partial charge in [-0.05, 0) is 41.0 Å². The molecule has 1 saturated heterocycles. The van der Waals surface area contributed by atoms with Gasteiger partial charge in [-0.3, -0.25) is 19.1 Å². The van der Waals surface area contributed by atoms with Crippen LogP contribution in [0.5, 0.6) is 11.5 Å². The number of nitrogens with one attached hydrogen (secondary N) is 2. The molecule has 262 valence electrons. The molecule has 0 spiro atoms. The number of hydrogen-bond donors (Lipinski definition) is 5. The van der Waals surface area contributed by atoms with Crippen LogP contribution in [0.3, 0.4) is 0 Å². The fourth-order valence-corrected chi connectivity index (χ4v) is 6.31. The number of H-pyrrole nitrogens is 1. The smallest absolute Gasteiger partial charge is 0.471 e. The number of aliphatic hydroxyl groups is 3. The van der Waals surface area contributed by atoms with Gasteiger partial charge in [0.05, 0.1) is 32.8 Å². The molecule has 1 aliphatic heterocycles. The molecule has 12 nitrogen and oxygen atoms in total. The molecule has 5 rings (SSSR count). The van der Waals surface area contributed by atoms with Crippen molar-refractivity contribution >= 4 is 5.91 Å². The lowest BCUT2D eigenvalue weighted by Gasteiger charge is -2.50. The number of benzene rings is 3. The fraction of sp³-hybridized carbons (Fsp3) is 0.286. The molecular weight excluding hydrogens is 663 g/mol. The molecule has 0 bridgehead atoms. The number of aromatic amines is 1. The largest absolute Gasteiger partial charge is 0.497 e. The molecule has 4 aromatic rings. The van der Waals surface area contributed by atoms with Gasteiger partial charge in [0.1, 0.15) is 34.9 Å². The summed E-state index contributed by atoms with van der Waals surface area (Å²) in [4.78, 5) is 38.9. The minimum absolute atomic E-state index is 0.431. The molecule has 50 heavy (non-hydrogen) atoms. The number of alkyl halides is 3. The van der Waals surface area contributed by atoms with Crippen molar-refractivity contribution in [2.45, 2.75) is 35.6 Å². The first-order valence-electron chi connectivity index (χ1n) is 15.0. The van der Waals surface area contributed by atoms with Gasteiger partial charge < -0.3 is 34.8 Å². The first-order chi connectivity index (χ1) is 23.8. The Labute approximate surface area is 282 Å². The van der Waals surface area contributed by atoms with Crippen LogP contribution < -0.4 is 26.0 Å². The van der Waals surface area contributed by atoms with Gasteiger partial charge in [0.15, 0.2) is 6.23 Å². The van der Waals surface area contributed by atoms with Gasteiger partial charge in [0, 0.05) is 6.20 Å². The van der Waals surface area contributed by atoms with Crippen LogP contribution in [0.1, 0.15) is 28.5 Å². The fourth-order valence-electron chi connectivity index (χ4n) is 6.31. The molecule has 0 saturated carbocycles. The Morgan fingerprint density at radius 3 is 2.00 bits per heavy atom. The summed E-state index contributed by atoms with van der Waals surface area (Å²) in [5.41, 5.74) is -5.43. The van der Waals surface area contributed by atoms with E-state index in [1.54, 1.807) is 84.2 Å². The molecule has 1 amide bonds. The molecule has 1 fully saturated rings. The highest BCUT2D eigenvalue weighted by atomic mass is 19.4. The lowest BCUT2D eigenvalue weighted by molar-refractivity contribution is -0.173. The van der Waals surface area contributed by atoms with Crippen molar-refractivity contribution in [1.29, 1.82) is 0 Å². The van der Waals surface area contributed by atoms with E-state index in [1.807, 2.05) is 4.98 Å². The van der Waals surface area contributed by atoms with Crippen molar-refractivity contribution in [2.75, 3.05) is 27.4 Å². The highest BCUT2D eigenvalue weighted by molar-refractivity contribution is 5.81. The number of carbonyl (C=O) groups is 1. The van der Waals surface area contributed by atoms with Gasteiger partial charge >= 0.3 is 17.8 Å². The Kier molecular flexibility index (Phi) is 10.2. The third-order valence-electron chi connectivity index (χ3n) is 8.59. The number of rotatable bonds is 9. The number of amides is 1. The Balaban J connectivity index is 1.70. The Hall–Kier alpha value is -5.40. The highest BCUT2D eigenvalue weighted by Gasteiger charge is 2.68. The van der Waals surface area contributed by atoms with Crippen LogP contribution in [0, 0.1) is 11.8 Å². The molecule has 15 heteroatoms. The van der Waals surface area contributed by atoms with Crippen LogP contribution in [0.15, 0.2) is 94.6 Å². The van der Waals surface area contributed by atoms with Crippen LogP contribution in [0.25, 0.3) is 0 Å². The maximum absolute atomic E-state index is 13.2. The van der Waals surface area contributed by atoms with Crippen molar-refractivity contribution in [3.05, 3.63) is 128 Å². The number of halogens is 3. The van der Waals surface area contributed by atoms with Crippen molar-refractivity contribution in [2.24, 2.45) is 0 Å². The van der Waals surface area contributed by atoms with Crippen LogP contribution in [-0.2, 0) is 14.9 Å². The van der Waals surface area contributed by atoms with Crippen molar-refractivity contribution < 1.29 is 47.5 Å². The summed E-state index contributed by atoms with van der Waals surface area (Å²) >= 11 is 0. The van der Waals surface area contributed by atoms with Gasteiger partial charge in [0.25, 0.3) is 5.56 Å². The van der Waals surface area contributed by atoms with Gasteiger partial charge in [0.2, 0.25) is 0 Å². The van der Waals surface area contributed by atoms with E-state index in [-0.39, 0.29) is 0 Å². The minimum atomic E-state index is -5.14. The number of carbonyl (C=O) groups excluding carboxylic acids is 1. The third-order valence-corrected chi connectivity index (χ3v) is 8.59. The SMILES string of the molecule is COc1ccc(C(c2ccccc2)(c2ccc(OC)cc2)[C@@]2(O)[C@@H](CO)O[C@@H](n3cc(C#CCNC(=O)C(F)(F)F)c(=O)[nH]c3=O)[C@@H]2O)cc1. The maximum Gasteiger partial charge on any atom is 0.471 e. The highest BCUT2D eigenvalue weighted by Crippen LogP contribution is 2.56. The summed E-state index contributed by atoms with van der Waals surface area (Å²) in [6, 6.07) is 22.0. The van der Waals surface area contributed by atoms with E-state index < -0.39 is 71.5 Å². The van der Waals surface area contributed by atoms with E-state index in [9.17, 15) is 42.9 Å². The summed E-state index contributed by atoms with van der Waals surface area (Å²) in [5.74, 6) is 3.24. The molecule has 4 atom stereocenters. The Bertz CT molecular complexity index is 1960. The minimum Gasteiger partial charge on any atom is -0.497 e. The molecule has 2 heterocycles. The normalized spacial score (nSPS) is 20.4. The zero-order valence-electron chi connectivity index (χ0n) is 26.6. The van der Waals surface area contributed by atoms with Gasteiger partial charge in [-0.2, -0.15) is 13.2 Å². The van der Waals surface area contributed by atoms with Crippen LogP contribution in [-0.4, -0.2) is 82.1 Å². The molecule has 5 N–H and O–H groups in total. The molecular formula is C35H32F3N3O9. The number of aromatic nitrogens is 2. The standard InChI is InChI=1S/C35H32F3N3O9/c1-48-25-14-10-23(11-15-25)33(22-8-4-3-5-9-22,24-12-16-26(49-2)17-13-24)34(47)27(20-42)50-30(28(34)43)41-19-21(29(44)40-32(41)46)7-6-18-39-31(45)35(36,37)38/h3-5,8-17,19,27-28,30,42-43,47H,18,20H2,1-2H3,(H,39,45)(H,40,44,46)/t27-,28+,30-,34-/m1/s1. The monoisotopic (exact) mass is 695 g/mol. The first-order valence-corrected chi connectivity index (χ1v) is 15.0.